The molecule has 0 aliphatic rings. The molecule has 0 aliphatic carbocycles. The highest BCUT2D eigenvalue weighted by atomic mass is 16.5. The molecular formula is C12H27NO2. The summed E-state index contributed by atoms with van der Waals surface area (Å²) < 4.78 is 10.8. The van der Waals surface area contributed by atoms with Crippen LogP contribution in [0.1, 0.15) is 33.6 Å². The van der Waals surface area contributed by atoms with Crippen molar-refractivity contribution in [2.24, 2.45) is 5.92 Å². The van der Waals surface area contributed by atoms with Crippen molar-refractivity contribution >= 4 is 0 Å². The van der Waals surface area contributed by atoms with Crippen LogP contribution in [0.5, 0.6) is 0 Å². The van der Waals surface area contributed by atoms with Crippen LogP contribution < -0.4 is 5.32 Å². The Morgan fingerprint density at radius 2 is 1.73 bits per heavy atom. The molecule has 92 valence electrons. The summed E-state index contributed by atoms with van der Waals surface area (Å²) in [6, 6.07) is 0. The van der Waals surface area contributed by atoms with Crippen LogP contribution in [0.15, 0.2) is 0 Å². The molecule has 3 heteroatoms. The minimum Gasteiger partial charge on any atom is -0.379 e. The second kappa shape index (κ2) is 12.0. The molecule has 0 fully saturated rings. The first-order valence-corrected chi connectivity index (χ1v) is 6.13. The Balaban J connectivity index is 2.87. The maximum atomic E-state index is 5.41. The van der Waals surface area contributed by atoms with Crippen molar-refractivity contribution in [2.45, 2.75) is 33.6 Å². The zero-order valence-electron chi connectivity index (χ0n) is 10.6. The van der Waals surface area contributed by atoms with Gasteiger partial charge in [-0.15, -0.1) is 0 Å². The fourth-order valence-electron chi connectivity index (χ4n) is 1.11. The number of hydrogen-bond acceptors (Lipinski definition) is 3. The standard InChI is InChI=1S/C12H27NO2/c1-4-5-6-13-7-8-14-9-10-15-11-12(2)3/h12-13H,4-11H2,1-3H3. The van der Waals surface area contributed by atoms with Gasteiger partial charge in [0.2, 0.25) is 0 Å². The molecule has 3 nitrogen and oxygen atoms in total. The smallest absolute Gasteiger partial charge is 0.0701 e. The lowest BCUT2D eigenvalue weighted by Crippen LogP contribution is -2.21. The second-order valence-electron chi connectivity index (χ2n) is 4.18. The van der Waals surface area contributed by atoms with Gasteiger partial charge in [0.15, 0.2) is 0 Å². The molecule has 1 N–H and O–H groups in total. The first-order valence-electron chi connectivity index (χ1n) is 6.13. The lowest BCUT2D eigenvalue weighted by atomic mass is 10.2. The van der Waals surface area contributed by atoms with E-state index in [1.165, 1.54) is 12.8 Å². The molecule has 0 saturated heterocycles. The molecule has 0 amide bonds. The van der Waals surface area contributed by atoms with Crippen LogP contribution in [0.2, 0.25) is 0 Å². The maximum absolute atomic E-state index is 5.41. The summed E-state index contributed by atoms with van der Waals surface area (Å²) in [5.41, 5.74) is 0. The van der Waals surface area contributed by atoms with Gasteiger partial charge in [-0.1, -0.05) is 27.2 Å². The van der Waals surface area contributed by atoms with Gasteiger partial charge in [-0.25, -0.2) is 0 Å². The quantitative estimate of drug-likeness (QED) is 0.537. The van der Waals surface area contributed by atoms with Gasteiger partial charge >= 0.3 is 0 Å². The molecule has 0 aromatic heterocycles. The summed E-state index contributed by atoms with van der Waals surface area (Å²) in [5.74, 6) is 0.612. The molecule has 0 aromatic rings. The third kappa shape index (κ3) is 13.9. The van der Waals surface area contributed by atoms with Crippen LogP contribution >= 0.6 is 0 Å². The Bertz CT molecular complexity index is 118. The van der Waals surface area contributed by atoms with Crippen molar-refractivity contribution in [2.75, 3.05) is 39.5 Å². The molecule has 0 heterocycles. The molecular weight excluding hydrogens is 190 g/mol. The number of hydrogen-bond donors (Lipinski definition) is 1. The number of rotatable bonds is 11. The molecule has 0 spiro atoms. The predicted octanol–water partition coefficient (Wildman–Crippen LogP) is 2.07. The van der Waals surface area contributed by atoms with Crippen molar-refractivity contribution < 1.29 is 9.47 Å². The molecule has 15 heavy (non-hydrogen) atoms. The fraction of sp³-hybridized carbons (Fsp3) is 1.00. The van der Waals surface area contributed by atoms with E-state index in [1.54, 1.807) is 0 Å². The van der Waals surface area contributed by atoms with Gasteiger partial charge in [0, 0.05) is 13.2 Å². The van der Waals surface area contributed by atoms with Crippen molar-refractivity contribution in [3.05, 3.63) is 0 Å². The molecule has 0 atom stereocenters. The Morgan fingerprint density at radius 3 is 2.40 bits per heavy atom. The third-order valence-electron chi connectivity index (χ3n) is 1.95. The molecule has 0 aromatic carbocycles. The minimum atomic E-state index is 0.612. The molecule has 0 unspecified atom stereocenters. The van der Waals surface area contributed by atoms with Gasteiger partial charge in [0.25, 0.3) is 0 Å². The van der Waals surface area contributed by atoms with Gasteiger partial charge in [-0.05, 0) is 18.9 Å². The van der Waals surface area contributed by atoms with Crippen LogP contribution in [0.3, 0.4) is 0 Å². The average Bonchev–Trinajstić information content (AvgIpc) is 2.20. The van der Waals surface area contributed by atoms with E-state index in [9.17, 15) is 0 Å². The topological polar surface area (TPSA) is 30.5 Å². The Labute approximate surface area is 94.5 Å². The van der Waals surface area contributed by atoms with Gasteiger partial charge in [0.1, 0.15) is 0 Å². The van der Waals surface area contributed by atoms with E-state index in [4.69, 9.17) is 9.47 Å². The highest BCUT2D eigenvalue weighted by Gasteiger charge is 1.93. The van der Waals surface area contributed by atoms with Gasteiger partial charge in [-0.2, -0.15) is 0 Å². The molecule has 0 bridgehead atoms. The highest BCUT2D eigenvalue weighted by molar-refractivity contribution is 4.45. The SMILES string of the molecule is CCCCNCCOCCOCC(C)C. The van der Waals surface area contributed by atoms with Crippen molar-refractivity contribution in [1.29, 1.82) is 0 Å². The number of ether oxygens (including phenoxy) is 2. The molecule has 0 radical (unpaired) electrons. The van der Waals surface area contributed by atoms with Crippen LogP contribution in [-0.4, -0.2) is 39.5 Å². The third-order valence-corrected chi connectivity index (χ3v) is 1.95. The van der Waals surface area contributed by atoms with E-state index in [0.29, 0.717) is 19.1 Å². The lowest BCUT2D eigenvalue weighted by Gasteiger charge is -2.08. The molecule has 0 rings (SSSR count). The zero-order chi connectivity index (χ0) is 11.4. The van der Waals surface area contributed by atoms with Gasteiger partial charge < -0.3 is 14.8 Å². The van der Waals surface area contributed by atoms with E-state index >= 15 is 0 Å². The maximum Gasteiger partial charge on any atom is 0.0701 e. The first-order chi connectivity index (χ1) is 7.27. The number of nitrogens with one attached hydrogen (secondary N) is 1. The van der Waals surface area contributed by atoms with Crippen LogP contribution in [0.25, 0.3) is 0 Å². The van der Waals surface area contributed by atoms with Crippen LogP contribution in [-0.2, 0) is 9.47 Å². The molecule has 0 saturated carbocycles. The van der Waals surface area contributed by atoms with Crippen molar-refractivity contribution in [3.63, 3.8) is 0 Å². The summed E-state index contributed by atoms with van der Waals surface area (Å²) in [4.78, 5) is 0. The van der Waals surface area contributed by atoms with Gasteiger partial charge in [-0.3, -0.25) is 0 Å². The van der Waals surface area contributed by atoms with E-state index in [1.807, 2.05) is 0 Å². The highest BCUT2D eigenvalue weighted by Crippen LogP contribution is 1.91. The Hall–Kier alpha value is -0.120. The zero-order valence-corrected chi connectivity index (χ0v) is 10.6. The Morgan fingerprint density at radius 1 is 1.00 bits per heavy atom. The van der Waals surface area contributed by atoms with Crippen molar-refractivity contribution in [1.82, 2.24) is 5.32 Å². The van der Waals surface area contributed by atoms with Crippen molar-refractivity contribution in [3.8, 4) is 0 Å². The summed E-state index contributed by atoms with van der Waals surface area (Å²) in [5, 5.41) is 3.33. The first kappa shape index (κ1) is 14.9. The summed E-state index contributed by atoms with van der Waals surface area (Å²) in [7, 11) is 0. The van der Waals surface area contributed by atoms with E-state index in [2.05, 4.69) is 26.1 Å². The second-order valence-corrected chi connectivity index (χ2v) is 4.18. The molecule has 0 aliphatic heterocycles. The minimum absolute atomic E-state index is 0.612. The van der Waals surface area contributed by atoms with Gasteiger partial charge in [0.05, 0.1) is 19.8 Å². The summed E-state index contributed by atoms with van der Waals surface area (Å²) in [6.07, 6.45) is 2.49. The van der Waals surface area contributed by atoms with E-state index in [0.717, 1.165) is 26.3 Å². The van der Waals surface area contributed by atoms with E-state index in [-0.39, 0.29) is 0 Å². The Kier molecular flexibility index (Phi) is 11.9. The lowest BCUT2D eigenvalue weighted by molar-refractivity contribution is 0.0388. The van der Waals surface area contributed by atoms with E-state index < -0.39 is 0 Å². The van der Waals surface area contributed by atoms with Crippen LogP contribution in [0.4, 0.5) is 0 Å². The van der Waals surface area contributed by atoms with Crippen LogP contribution in [0, 0.1) is 5.92 Å². The summed E-state index contributed by atoms with van der Waals surface area (Å²) >= 11 is 0. The normalized spacial score (nSPS) is 11.2. The average molecular weight is 217 g/mol. The summed E-state index contributed by atoms with van der Waals surface area (Å²) in [6.45, 7) is 11.6. The monoisotopic (exact) mass is 217 g/mol. The predicted molar refractivity (Wildman–Crippen MR) is 64.3 cm³/mol. The largest absolute Gasteiger partial charge is 0.379 e. The fourth-order valence-corrected chi connectivity index (χ4v) is 1.11. The number of unbranched alkanes of at least 4 members (excludes halogenated alkanes) is 1.